The fourth-order valence-electron chi connectivity index (χ4n) is 3.26. The molecule has 0 radical (unpaired) electrons. The maximum atomic E-state index is 14.0. The van der Waals surface area contributed by atoms with Gasteiger partial charge in [0.1, 0.15) is 5.82 Å². The third-order valence-corrected chi connectivity index (χ3v) is 6.50. The molecule has 5 nitrogen and oxygen atoms in total. The molecule has 0 fully saturated rings. The minimum atomic E-state index is -3.77. The summed E-state index contributed by atoms with van der Waals surface area (Å²) in [5, 5.41) is 4.69. The number of rotatable bonds is 6. The summed E-state index contributed by atoms with van der Waals surface area (Å²) in [5.41, 5.74) is 1.35. The number of hydrogen-bond acceptors (Lipinski definition) is 4. The van der Waals surface area contributed by atoms with E-state index in [2.05, 4.69) is 5.10 Å². The van der Waals surface area contributed by atoms with Crippen LogP contribution < -0.4 is 0 Å². The predicted octanol–water partition coefficient (Wildman–Crippen LogP) is 4.63. The molecule has 0 aliphatic carbocycles. The number of carbonyl (C=O) groups is 1. The van der Waals surface area contributed by atoms with Crippen molar-refractivity contribution in [1.29, 1.82) is 0 Å². The standard InChI is InChI=1S/C22H16ClFN2O3S/c23-18-7-4-8-19(24)22(18)21(27)12-16-9-10-17-13-25-26(20(17)11-16)30(28,29)14-15-5-2-1-3-6-15/h1-11,13H,12,14H2. The molecule has 4 aromatic rings. The van der Waals surface area contributed by atoms with E-state index in [9.17, 15) is 17.6 Å². The normalized spacial score (nSPS) is 11.7. The van der Waals surface area contributed by atoms with Crippen molar-refractivity contribution in [1.82, 2.24) is 9.19 Å². The molecule has 3 aromatic carbocycles. The van der Waals surface area contributed by atoms with Gasteiger partial charge in [-0.2, -0.15) is 9.19 Å². The second-order valence-electron chi connectivity index (χ2n) is 6.82. The first-order valence-electron chi connectivity index (χ1n) is 9.06. The Balaban J connectivity index is 1.67. The lowest BCUT2D eigenvalue weighted by atomic mass is 10.0. The van der Waals surface area contributed by atoms with Crippen LogP contribution in [-0.4, -0.2) is 23.4 Å². The van der Waals surface area contributed by atoms with Gasteiger partial charge in [-0.15, -0.1) is 0 Å². The van der Waals surface area contributed by atoms with Crippen molar-refractivity contribution < 1.29 is 17.6 Å². The van der Waals surface area contributed by atoms with Gasteiger partial charge in [0.2, 0.25) is 0 Å². The second-order valence-corrected chi connectivity index (χ2v) is 9.02. The lowest BCUT2D eigenvalue weighted by Crippen LogP contribution is -2.16. The van der Waals surface area contributed by atoms with Gasteiger partial charge in [0.25, 0.3) is 10.0 Å². The average Bonchev–Trinajstić information content (AvgIpc) is 3.12. The number of Topliss-reactive ketones (excluding diaryl/α,β-unsaturated/α-hetero) is 1. The molecule has 0 amide bonds. The Morgan fingerprint density at radius 2 is 1.77 bits per heavy atom. The number of carbonyl (C=O) groups excluding carboxylic acids is 1. The summed E-state index contributed by atoms with van der Waals surface area (Å²) in [5.74, 6) is -1.39. The third-order valence-electron chi connectivity index (χ3n) is 4.66. The van der Waals surface area contributed by atoms with Gasteiger partial charge in [0.05, 0.1) is 28.1 Å². The number of benzene rings is 3. The summed E-state index contributed by atoms with van der Waals surface area (Å²) >= 11 is 5.98. The summed E-state index contributed by atoms with van der Waals surface area (Å²) < 4.78 is 40.8. The van der Waals surface area contributed by atoms with Crippen LogP contribution in [0, 0.1) is 5.82 Å². The van der Waals surface area contributed by atoms with Gasteiger partial charge < -0.3 is 0 Å². The maximum Gasteiger partial charge on any atom is 0.258 e. The second kappa shape index (κ2) is 8.01. The zero-order valence-corrected chi connectivity index (χ0v) is 17.2. The summed E-state index contributed by atoms with van der Waals surface area (Å²) in [6.45, 7) is 0. The van der Waals surface area contributed by atoms with E-state index in [1.54, 1.807) is 42.5 Å². The van der Waals surface area contributed by atoms with Crippen molar-refractivity contribution in [3.8, 4) is 0 Å². The first-order chi connectivity index (χ1) is 14.3. The van der Waals surface area contributed by atoms with Gasteiger partial charge in [-0.1, -0.05) is 60.1 Å². The third kappa shape index (κ3) is 3.99. The highest BCUT2D eigenvalue weighted by atomic mass is 35.5. The zero-order valence-electron chi connectivity index (χ0n) is 15.6. The van der Waals surface area contributed by atoms with Crippen LogP contribution in [0.1, 0.15) is 21.5 Å². The Bertz CT molecular complexity index is 1330. The van der Waals surface area contributed by atoms with E-state index in [0.29, 0.717) is 22.0 Å². The van der Waals surface area contributed by atoms with Gasteiger partial charge in [0, 0.05) is 11.8 Å². The van der Waals surface area contributed by atoms with Crippen molar-refractivity contribution in [2.24, 2.45) is 0 Å². The molecule has 1 heterocycles. The quantitative estimate of drug-likeness (QED) is 0.408. The van der Waals surface area contributed by atoms with Gasteiger partial charge in [-0.3, -0.25) is 4.79 Å². The molecular weight excluding hydrogens is 427 g/mol. The molecule has 0 unspecified atom stereocenters. The van der Waals surface area contributed by atoms with E-state index >= 15 is 0 Å². The molecule has 30 heavy (non-hydrogen) atoms. The summed E-state index contributed by atoms with van der Waals surface area (Å²) in [6, 6.07) is 17.8. The van der Waals surface area contributed by atoms with Crippen LogP contribution in [0.3, 0.4) is 0 Å². The van der Waals surface area contributed by atoms with Crippen LogP contribution in [0.5, 0.6) is 0 Å². The van der Waals surface area contributed by atoms with Gasteiger partial charge in [-0.05, 0) is 29.3 Å². The highest BCUT2D eigenvalue weighted by molar-refractivity contribution is 7.89. The number of ketones is 1. The van der Waals surface area contributed by atoms with Crippen LogP contribution >= 0.6 is 11.6 Å². The van der Waals surface area contributed by atoms with Crippen molar-refractivity contribution in [2.45, 2.75) is 12.2 Å². The number of nitrogens with zero attached hydrogens (tertiary/aromatic N) is 2. The zero-order chi connectivity index (χ0) is 21.3. The Morgan fingerprint density at radius 3 is 2.50 bits per heavy atom. The molecule has 152 valence electrons. The fraction of sp³-hybridized carbons (Fsp3) is 0.0909. The first-order valence-corrected chi connectivity index (χ1v) is 11.0. The Hall–Kier alpha value is -3.03. The fourth-order valence-corrected chi connectivity index (χ4v) is 4.91. The Labute approximate surface area is 177 Å². The smallest absolute Gasteiger partial charge is 0.258 e. The number of hydrogen-bond donors (Lipinski definition) is 0. The summed E-state index contributed by atoms with van der Waals surface area (Å²) in [7, 11) is -3.77. The van der Waals surface area contributed by atoms with E-state index in [4.69, 9.17) is 11.6 Å². The lowest BCUT2D eigenvalue weighted by molar-refractivity contribution is 0.0989. The minimum absolute atomic E-state index is 0.0385. The molecule has 0 atom stereocenters. The molecule has 0 aliphatic heterocycles. The van der Waals surface area contributed by atoms with E-state index in [-0.39, 0.29) is 22.8 Å². The molecule has 0 bridgehead atoms. The topological polar surface area (TPSA) is 69.0 Å². The Kier molecular flexibility index (Phi) is 5.40. The highest BCUT2D eigenvalue weighted by Crippen LogP contribution is 2.23. The van der Waals surface area contributed by atoms with E-state index < -0.39 is 21.6 Å². The van der Waals surface area contributed by atoms with E-state index in [1.165, 1.54) is 24.4 Å². The van der Waals surface area contributed by atoms with Crippen molar-refractivity contribution in [3.63, 3.8) is 0 Å². The predicted molar refractivity (Wildman–Crippen MR) is 114 cm³/mol. The first kappa shape index (κ1) is 20.3. The van der Waals surface area contributed by atoms with Crippen molar-refractivity contribution in [3.05, 3.63) is 100 Å². The molecule has 0 aliphatic rings. The van der Waals surface area contributed by atoms with Crippen molar-refractivity contribution >= 4 is 38.3 Å². The SMILES string of the molecule is O=C(Cc1ccc2cnn(S(=O)(=O)Cc3ccccc3)c2c1)c1c(F)cccc1Cl. The van der Waals surface area contributed by atoms with Gasteiger partial charge in [-0.25, -0.2) is 12.8 Å². The highest BCUT2D eigenvalue weighted by Gasteiger charge is 2.20. The van der Waals surface area contributed by atoms with Crippen LogP contribution in [0.15, 0.2) is 72.9 Å². The average molecular weight is 443 g/mol. The maximum absolute atomic E-state index is 14.0. The van der Waals surface area contributed by atoms with Gasteiger partial charge >= 0.3 is 0 Å². The minimum Gasteiger partial charge on any atom is -0.294 e. The van der Waals surface area contributed by atoms with E-state index in [0.717, 1.165) is 4.09 Å². The molecular formula is C22H16ClFN2O3S. The van der Waals surface area contributed by atoms with Gasteiger partial charge in [0.15, 0.2) is 5.78 Å². The summed E-state index contributed by atoms with van der Waals surface area (Å²) in [6.07, 6.45) is 1.33. The molecule has 0 N–H and O–H groups in total. The van der Waals surface area contributed by atoms with Crippen LogP contribution in [0.4, 0.5) is 4.39 Å². The molecule has 1 aromatic heterocycles. The number of halogens is 2. The molecule has 0 spiro atoms. The molecule has 4 rings (SSSR count). The lowest BCUT2D eigenvalue weighted by Gasteiger charge is -2.08. The largest absolute Gasteiger partial charge is 0.294 e. The number of aromatic nitrogens is 2. The van der Waals surface area contributed by atoms with E-state index in [1.807, 2.05) is 6.07 Å². The van der Waals surface area contributed by atoms with Crippen LogP contribution in [-0.2, 0) is 22.2 Å². The molecule has 8 heteroatoms. The van der Waals surface area contributed by atoms with Crippen LogP contribution in [0.25, 0.3) is 10.9 Å². The molecule has 0 saturated heterocycles. The molecule has 0 saturated carbocycles. The summed E-state index contributed by atoms with van der Waals surface area (Å²) in [4.78, 5) is 12.6. The monoisotopic (exact) mass is 442 g/mol. The van der Waals surface area contributed by atoms with Crippen LogP contribution in [0.2, 0.25) is 5.02 Å². The van der Waals surface area contributed by atoms with Crippen molar-refractivity contribution in [2.75, 3.05) is 0 Å². The number of fused-ring (bicyclic) bond motifs is 1. The Morgan fingerprint density at radius 1 is 1.00 bits per heavy atom.